The van der Waals surface area contributed by atoms with Crippen molar-refractivity contribution >= 4 is 22.8 Å². The lowest BCUT2D eigenvalue weighted by molar-refractivity contribution is 0.0696. The first-order chi connectivity index (χ1) is 9.17. The van der Waals surface area contributed by atoms with Crippen molar-refractivity contribution in [2.45, 2.75) is 33.2 Å². The molecule has 0 saturated carbocycles. The van der Waals surface area contributed by atoms with Crippen LogP contribution in [0, 0.1) is 0 Å². The predicted octanol–water partition coefficient (Wildman–Crippen LogP) is 2.36. The number of carboxylic acids is 1. The number of fused-ring (bicyclic) bond motifs is 1. The number of nitrogens with zero attached hydrogens (tertiary/aromatic N) is 3. The van der Waals surface area contributed by atoms with Crippen LogP contribution in [0.4, 0.5) is 5.82 Å². The Hall–Kier alpha value is -2.11. The number of hydrogen-bond acceptors (Lipinski definition) is 4. The number of aromatic carboxylic acids is 1. The van der Waals surface area contributed by atoms with E-state index in [4.69, 9.17) is 5.11 Å². The van der Waals surface area contributed by atoms with Crippen molar-refractivity contribution < 1.29 is 9.90 Å². The topological polar surface area (TPSA) is 80.0 Å². The summed E-state index contributed by atoms with van der Waals surface area (Å²) in [5.74, 6) is -0.265. The fourth-order valence-corrected chi connectivity index (χ4v) is 1.91. The van der Waals surface area contributed by atoms with Crippen LogP contribution < -0.4 is 5.32 Å². The maximum absolute atomic E-state index is 11.0. The van der Waals surface area contributed by atoms with Crippen LogP contribution >= 0.6 is 0 Å². The van der Waals surface area contributed by atoms with Gasteiger partial charge in [0.05, 0.1) is 10.9 Å². The van der Waals surface area contributed by atoms with Gasteiger partial charge in [-0.05, 0) is 19.4 Å². The van der Waals surface area contributed by atoms with Gasteiger partial charge in [-0.2, -0.15) is 5.10 Å². The van der Waals surface area contributed by atoms with Gasteiger partial charge >= 0.3 is 5.97 Å². The van der Waals surface area contributed by atoms with Crippen LogP contribution in [0.5, 0.6) is 0 Å². The molecular weight excluding hydrogens is 244 g/mol. The van der Waals surface area contributed by atoms with E-state index in [0.29, 0.717) is 18.0 Å². The van der Waals surface area contributed by atoms with Gasteiger partial charge in [0.15, 0.2) is 11.5 Å². The molecule has 0 spiro atoms. The molecule has 0 fully saturated rings. The molecule has 2 rings (SSSR count). The summed E-state index contributed by atoms with van der Waals surface area (Å²) in [5.41, 5.74) is 0.896. The van der Waals surface area contributed by atoms with Crippen LogP contribution in [0.25, 0.3) is 11.0 Å². The SMILES string of the molecule is CCCCNc1nn(CC)c2ncc(C(=O)O)cc12. The highest BCUT2D eigenvalue weighted by atomic mass is 16.4. The van der Waals surface area contributed by atoms with Gasteiger partial charge in [-0.15, -0.1) is 0 Å². The number of carboxylic acid groups (broad SMARTS) is 1. The van der Waals surface area contributed by atoms with Gasteiger partial charge in [0.25, 0.3) is 0 Å². The first-order valence-electron chi connectivity index (χ1n) is 6.51. The first-order valence-corrected chi connectivity index (χ1v) is 6.51. The van der Waals surface area contributed by atoms with Crippen LogP contribution in [-0.2, 0) is 6.54 Å². The minimum absolute atomic E-state index is 0.182. The number of carbonyl (C=O) groups is 1. The summed E-state index contributed by atoms with van der Waals surface area (Å²) in [6.07, 6.45) is 3.51. The Morgan fingerprint density at radius 2 is 2.26 bits per heavy atom. The van der Waals surface area contributed by atoms with E-state index in [-0.39, 0.29) is 5.56 Å². The molecule has 0 aromatic carbocycles. The maximum atomic E-state index is 11.0. The Morgan fingerprint density at radius 3 is 2.89 bits per heavy atom. The van der Waals surface area contributed by atoms with Gasteiger partial charge in [0.1, 0.15) is 0 Å². The number of aryl methyl sites for hydroxylation is 1. The summed E-state index contributed by atoms with van der Waals surface area (Å²) in [4.78, 5) is 15.2. The zero-order valence-corrected chi connectivity index (χ0v) is 11.2. The van der Waals surface area contributed by atoms with Gasteiger partial charge in [-0.3, -0.25) is 0 Å². The molecule has 2 aromatic rings. The lowest BCUT2D eigenvalue weighted by Crippen LogP contribution is -2.03. The monoisotopic (exact) mass is 262 g/mol. The van der Waals surface area contributed by atoms with Crippen molar-refractivity contribution in [1.29, 1.82) is 0 Å². The van der Waals surface area contributed by atoms with Gasteiger partial charge in [0.2, 0.25) is 0 Å². The second kappa shape index (κ2) is 5.69. The Bertz CT molecular complexity index is 592. The lowest BCUT2D eigenvalue weighted by atomic mass is 10.2. The summed E-state index contributed by atoms with van der Waals surface area (Å²) >= 11 is 0. The molecule has 19 heavy (non-hydrogen) atoms. The van der Waals surface area contributed by atoms with E-state index in [1.165, 1.54) is 6.20 Å². The fourth-order valence-electron chi connectivity index (χ4n) is 1.91. The van der Waals surface area contributed by atoms with Crippen LogP contribution in [0.2, 0.25) is 0 Å². The molecule has 6 heteroatoms. The van der Waals surface area contributed by atoms with Crippen LogP contribution in [-0.4, -0.2) is 32.4 Å². The molecular formula is C13H18N4O2. The molecule has 0 amide bonds. The molecule has 0 aliphatic carbocycles. The van der Waals surface area contributed by atoms with E-state index in [9.17, 15) is 4.79 Å². The molecule has 0 aliphatic rings. The Morgan fingerprint density at radius 1 is 1.47 bits per heavy atom. The molecule has 2 N–H and O–H groups in total. The zero-order valence-electron chi connectivity index (χ0n) is 11.2. The third-order valence-electron chi connectivity index (χ3n) is 2.96. The lowest BCUT2D eigenvalue weighted by Gasteiger charge is -2.01. The quantitative estimate of drug-likeness (QED) is 0.781. The van der Waals surface area contributed by atoms with Crippen LogP contribution in [0.15, 0.2) is 12.3 Å². The molecule has 2 aromatic heterocycles. The summed E-state index contributed by atoms with van der Waals surface area (Å²) < 4.78 is 1.77. The highest BCUT2D eigenvalue weighted by Gasteiger charge is 2.13. The summed E-state index contributed by atoms with van der Waals surface area (Å²) in [5, 5.41) is 17.5. The van der Waals surface area contributed by atoms with E-state index in [1.54, 1.807) is 10.7 Å². The molecule has 0 bridgehead atoms. The van der Waals surface area contributed by atoms with Crippen molar-refractivity contribution in [3.8, 4) is 0 Å². The van der Waals surface area contributed by atoms with Gasteiger partial charge in [-0.25, -0.2) is 14.5 Å². The highest BCUT2D eigenvalue weighted by molar-refractivity contribution is 5.95. The van der Waals surface area contributed by atoms with Crippen molar-refractivity contribution in [3.63, 3.8) is 0 Å². The van der Waals surface area contributed by atoms with E-state index in [0.717, 1.165) is 24.8 Å². The Labute approximate surface area is 111 Å². The average Bonchev–Trinajstić information content (AvgIpc) is 2.76. The molecule has 0 unspecified atom stereocenters. The van der Waals surface area contributed by atoms with Crippen molar-refractivity contribution in [2.75, 3.05) is 11.9 Å². The number of anilines is 1. The van der Waals surface area contributed by atoms with Crippen molar-refractivity contribution in [1.82, 2.24) is 14.8 Å². The normalized spacial score (nSPS) is 10.8. The summed E-state index contributed by atoms with van der Waals surface area (Å²) in [7, 11) is 0. The van der Waals surface area contributed by atoms with Crippen molar-refractivity contribution in [3.05, 3.63) is 17.8 Å². The number of unbranched alkanes of at least 4 members (excludes halogenated alkanes) is 1. The minimum Gasteiger partial charge on any atom is -0.478 e. The van der Waals surface area contributed by atoms with Gasteiger partial charge < -0.3 is 10.4 Å². The number of hydrogen-bond donors (Lipinski definition) is 2. The molecule has 0 radical (unpaired) electrons. The second-order valence-corrected chi connectivity index (χ2v) is 4.35. The second-order valence-electron chi connectivity index (χ2n) is 4.35. The standard InChI is InChI=1S/C13H18N4O2/c1-3-5-6-14-11-10-7-9(13(18)19)8-15-12(10)17(4-2)16-11/h7-8H,3-6H2,1-2H3,(H,14,16)(H,18,19). The summed E-state index contributed by atoms with van der Waals surface area (Å²) in [6.45, 7) is 5.62. The van der Waals surface area contributed by atoms with Gasteiger partial charge in [-0.1, -0.05) is 13.3 Å². The van der Waals surface area contributed by atoms with Crippen LogP contribution in [0.1, 0.15) is 37.0 Å². The largest absolute Gasteiger partial charge is 0.478 e. The van der Waals surface area contributed by atoms with E-state index < -0.39 is 5.97 Å². The molecule has 2 heterocycles. The van der Waals surface area contributed by atoms with Gasteiger partial charge in [0, 0.05) is 19.3 Å². The number of aromatic nitrogens is 3. The maximum Gasteiger partial charge on any atom is 0.337 e. The average molecular weight is 262 g/mol. The Kier molecular flexibility index (Phi) is 3.99. The zero-order chi connectivity index (χ0) is 13.8. The van der Waals surface area contributed by atoms with E-state index >= 15 is 0 Å². The smallest absolute Gasteiger partial charge is 0.337 e. The molecule has 0 aliphatic heterocycles. The molecule has 6 nitrogen and oxygen atoms in total. The molecule has 0 atom stereocenters. The summed E-state index contributed by atoms with van der Waals surface area (Å²) in [6, 6.07) is 1.62. The van der Waals surface area contributed by atoms with Crippen LogP contribution in [0.3, 0.4) is 0 Å². The number of nitrogens with one attached hydrogen (secondary N) is 1. The minimum atomic E-state index is -0.974. The van der Waals surface area contributed by atoms with E-state index in [2.05, 4.69) is 22.3 Å². The third-order valence-corrected chi connectivity index (χ3v) is 2.96. The number of rotatable bonds is 6. The number of pyridine rings is 1. The predicted molar refractivity (Wildman–Crippen MR) is 73.6 cm³/mol. The van der Waals surface area contributed by atoms with Crippen molar-refractivity contribution in [2.24, 2.45) is 0 Å². The highest BCUT2D eigenvalue weighted by Crippen LogP contribution is 2.22. The third kappa shape index (κ3) is 2.67. The molecule has 102 valence electrons. The van der Waals surface area contributed by atoms with E-state index in [1.807, 2.05) is 6.92 Å². The Balaban J connectivity index is 2.43. The fraction of sp³-hybridized carbons (Fsp3) is 0.462. The molecule has 0 saturated heterocycles. The first kappa shape index (κ1) is 13.3.